The predicted molar refractivity (Wildman–Crippen MR) is 127 cm³/mol. The number of fused-ring (bicyclic) bond motifs is 1. The van der Waals surface area contributed by atoms with E-state index in [0.29, 0.717) is 13.0 Å². The molecule has 0 aromatic heterocycles. The van der Waals surface area contributed by atoms with Gasteiger partial charge >= 0.3 is 0 Å². The van der Waals surface area contributed by atoms with Crippen molar-refractivity contribution in [2.45, 2.75) is 50.3 Å². The monoisotopic (exact) mass is 447 g/mol. The largest absolute Gasteiger partial charge is 0.379 e. The summed E-state index contributed by atoms with van der Waals surface area (Å²) < 4.78 is 5.43. The number of rotatable bonds is 11. The normalized spacial score (nSPS) is 16.7. The van der Waals surface area contributed by atoms with Crippen molar-refractivity contribution in [3.63, 3.8) is 0 Å². The van der Waals surface area contributed by atoms with E-state index in [-0.39, 0.29) is 18.2 Å². The summed E-state index contributed by atoms with van der Waals surface area (Å²) in [7, 11) is 0. The van der Waals surface area contributed by atoms with Crippen molar-refractivity contribution in [1.29, 1.82) is 0 Å². The molecule has 1 aromatic rings. The van der Waals surface area contributed by atoms with E-state index in [0.717, 1.165) is 75.1 Å². The fraction of sp³-hybridized carbons (Fsp3) is 0.667. The second kappa shape index (κ2) is 13.1. The summed E-state index contributed by atoms with van der Waals surface area (Å²) in [6.45, 7) is 8.74. The average molecular weight is 448 g/mol. The van der Waals surface area contributed by atoms with Crippen molar-refractivity contribution in [3.8, 4) is 0 Å². The molecule has 2 amide bonds. The fourth-order valence-corrected chi connectivity index (χ4v) is 5.11. The highest BCUT2D eigenvalue weighted by Gasteiger charge is 2.24. The SMILES string of the molecule is CCCCCCN(CCN1CCOCC1)C(=O)CCC(=O)N1CCSc2ccccc21. The third kappa shape index (κ3) is 7.51. The van der Waals surface area contributed by atoms with Gasteiger partial charge in [0, 0.05) is 62.8 Å². The van der Waals surface area contributed by atoms with Crippen LogP contribution in [-0.2, 0) is 14.3 Å². The number of para-hydroxylation sites is 1. The molecule has 2 aliphatic rings. The number of thioether (sulfide) groups is 1. The first-order valence-electron chi connectivity index (χ1n) is 11.8. The smallest absolute Gasteiger partial charge is 0.227 e. The number of morpholine rings is 1. The highest BCUT2D eigenvalue weighted by Crippen LogP contribution is 2.34. The van der Waals surface area contributed by atoms with Gasteiger partial charge in [0.2, 0.25) is 11.8 Å². The molecule has 0 saturated carbocycles. The maximum absolute atomic E-state index is 13.0. The Morgan fingerprint density at radius 3 is 2.65 bits per heavy atom. The molecule has 1 fully saturated rings. The molecule has 0 unspecified atom stereocenters. The lowest BCUT2D eigenvalue weighted by Crippen LogP contribution is -2.43. The van der Waals surface area contributed by atoms with Crippen LogP contribution < -0.4 is 4.90 Å². The zero-order valence-electron chi connectivity index (χ0n) is 18.9. The number of carbonyl (C=O) groups is 2. The van der Waals surface area contributed by atoms with Gasteiger partial charge in [-0.25, -0.2) is 0 Å². The molecule has 31 heavy (non-hydrogen) atoms. The lowest BCUT2D eigenvalue weighted by atomic mass is 10.1. The Balaban J connectivity index is 1.51. The van der Waals surface area contributed by atoms with Gasteiger partial charge in [-0.2, -0.15) is 0 Å². The van der Waals surface area contributed by atoms with E-state index < -0.39 is 0 Å². The highest BCUT2D eigenvalue weighted by atomic mass is 32.2. The van der Waals surface area contributed by atoms with Crippen molar-refractivity contribution in [2.24, 2.45) is 0 Å². The predicted octanol–water partition coefficient (Wildman–Crippen LogP) is 3.65. The quantitative estimate of drug-likeness (QED) is 0.485. The number of ether oxygens (including phenoxy) is 1. The van der Waals surface area contributed by atoms with Gasteiger partial charge in [-0.15, -0.1) is 11.8 Å². The molecule has 172 valence electrons. The molecule has 2 heterocycles. The number of hydrogen-bond acceptors (Lipinski definition) is 5. The second-order valence-corrected chi connectivity index (χ2v) is 9.39. The lowest BCUT2D eigenvalue weighted by molar-refractivity contribution is -0.133. The number of unbranched alkanes of at least 4 members (excludes halogenated alkanes) is 3. The zero-order valence-corrected chi connectivity index (χ0v) is 19.7. The molecule has 0 radical (unpaired) electrons. The Hall–Kier alpha value is -1.57. The molecule has 1 saturated heterocycles. The first kappa shape index (κ1) is 24.1. The van der Waals surface area contributed by atoms with Crippen molar-refractivity contribution >= 4 is 29.3 Å². The molecular weight excluding hydrogens is 410 g/mol. The van der Waals surface area contributed by atoms with Crippen LogP contribution in [0.5, 0.6) is 0 Å². The first-order chi connectivity index (χ1) is 15.2. The maximum Gasteiger partial charge on any atom is 0.227 e. The maximum atomic E-state index is 13.0. The summed E-state index contributed by atoms with van der Waals surface area (Å²) in [5, 5.41) is 0. The summed E-state index contributed by atoms with van der Waals surface area (Å²) >= 11 is 1.79. The Labute approximate surface area is 191 Å². The van der Waals surface area contributed by atoms with Crippen LogP contribution in [0.1, 0.15) is 45.4 Å². The van der Waals surface area contributed by atoms with Gasteiger partial charge in [-0.1, -0.05) is 38.3 Å². The van der Waals surface area contributed by atoms with E-state index in [1.165, 1.54) is 12.8 Å². The van der Waals surface area contributed by atoms with E-state index in [1.54, 1.807) is 11.8 Å². The van der Waals surface area contributed by atoms with Gasteiger partial charge in [-0.05, 0) is 18.6 Å². The number of anilines is 1. The third-order valence-electron chi connectivity index (χ3n) is 6.01. The molecule has 3 rings (SSSR count). The molecule has 7 heteroatoms. The van der Waals surface area contributed by atoms with Crippen molar-refractivity contribution < 1.29 is 14.3 Å². The standard InChI is InChI=1S/C24H37N3O3S/c1-2-3-4-7-12-26(14-13-25-15-18-30-19-16-25)23(28)10-11-24(29)27-17-20-31-22-9-6-5-8-21(22)27/h5-6,8-9H,2-4,7,10-20H2,1H3. The third-order valence-corrected chi connectivity index (χ3v) is 7.05. The zero-order chi connectivity index (χ0) is 21.9. The molecule has 0 atom stereocenters. The fourth-order valence-electron chi connectivity index (χ4n) is 4.11. The van der Waals surface area contributed by atoms with Crippen LogP contribution in [0.4, 0.5) is 5.69 Å². The van der Waals surface area contributed by atoms with Crippen LogP contribution >= 0.6 is 11.8 Å². The molecule has 0 bridgehead atoms. The summed E-state index contributed by atoms with van der Waals surface area (Å²) in [5.74, 6) is 1.07. The van der Waals surface area contributed by atoms with Crippen LogP contribution in [0.25, 0.3) is 0 Å². The second-order valence-electron chi connectivity index (χ2n) is 8.26. The van der Waals surface area contributed by atoms with Gasteiger partial charge < -0.3 is 14.5 Å². The Morgan fingerprint density at radius 1 is 1.03 bits per heavy atom. The van der Waals surface area contributed by atoms with Crippen molar-refractivity contribution in [2.75, 3.05) is 63.1 Å². The van der Waals surface area contributed by atoms with E-state index in [4.69, 9.17) is 4.74 Å². The number of nitrogens with zero attached hydrogens (tertiary/aromatic N) is 3. The van der Waals surface area contributed by atoms with Crippen LogP contribution in [-0.4, -0.2) is 79.8 Å². The Morgan fingerprint density at radius 2 is 1.84 bits per heavy atom. The van der Waals surface area contributed by atoms with Crippen LogP contribution in [0.2, 0.25) is 0 Å². The van der Waals surface area contributed by atoms with E-state index in [1.807, 2.05) is 28.0 Å². The summed E-state index contributed by atoms with van der Waals surface area (Å²) in [4.78, 5) is 33.3. The number of carbonyl (C=O) groups excluding carboxylic acids is 2. The molecule has 0 aliphatic carbocycles. The van der Waals surface area contributed by atoms with Gasteiger partial charge in [0.15, 0.2) is 0 Å². The van der Waals surface area contributed by atoms with Gasteiger partial charge in [0.05, 0.1) is 18.9 Å². The van der Waals surface area contributed by atoms with Gasteiger partial charge in [0.25, 0.3) is 0 Å². The molecular formula is C24H37N3O3S. The summed E-state index contributed by atoms with van der Waals surface area (Å²) in [5.41, 5.74) is 0.986. The van der Waals surface area contributed by atoms with Crippen molar-refractivity contribution in [3.05, 3.63) is 24.3 Å². The minimum absolute atomic E-state index is 0.0558. The molecule has 0 spiro atoms. The van der Waals surface area contributed by atoms with Gasteiger partial charge in [-0.3, -0.25) is 14.5 Å². The van der Waals surface area contributed by atoms with E-state index in [2.05, 4.69) is 17.9 Å². The average Bonchev–Trinajstić information content (AvgIpc) is 2.82. The first-order valence-corrected chi connectivity index (χ1v) is 12.8. The van der Waals surface area contributed by atoms with Gasteiger partial charge in [0.1, 0.15) is 0 Å². The molecule has 2 aliphatic heterocycles. The van der Waals surface area contributed by atoms with Crippen molar-refractivity contribution in [1.82, 2.24) is 9.80 Å². The summed E-state index contributed by atoms with van der Waals surface area (Å²) in [6, 6.07) is 8.05. The minimum Gasteiger partial charge on any atom is -0.379 e. The minimum atomic E-state index is 0.0558. The number of benzene rings is 1. The van der Waals surface area contributed by atoms with E-state index >= 15 is 0 Å². The Kier molecular flexibility index (Phi) is 10.2. The van der Waals surface area contributed by atoms with E-state index in [9.17, 15) is 9.59 Å². The molecule has 1 aromatic carbocycles. The number of amides is 2. The molecule has 6 nitrogen and oxygen atoms in total. The lowest BCUT2D eigenvalue weighted by Gasteiger charge is -2.31. The number of hydrogen-bond donors (Lipinski definition) is 0. The topological polar surface area (TPSA) is 53.1 Å². The van der Waals surface area contributed by atoms with Crippen LogP contribution in [0, 0.1) is 0 Å². The summed E-state index contributed by atoms with van der Waals surface area (Å²) in [6.07, 6.45) is 5.15. The Bertz CT molecular complexity index is 709. The van der Waals surface area contributed by atoms with Crippen LogP contribution in [0.15, 0.2) is 29.2 Å². The van der Waals surface area contributed by atoms with Crippen LogP contribution in [0.3, 0.4) is 0 Å². The molecule has 0 N–H and O–H groups in total. The highest BCUT2D eigenvalue weighted by molar-refractivity contribution is 7.99.